The maximum atomic E-state index is 12.0. The Morgan fingerprint density at radius 1 is 1.17 bits per heavy atom. The van der Waals surface area contributed by atoms with Gasteiger partial charge in [0.05, 0.1) is 12.9 Å². The molecule has 6 heteroatoms. The van der Waals surface area contributed by atoms with Crippen molar-refractivity contribution < 1.29 is 14.3 Å². The summed E-state index contributed by atoms with van der Waals surface area (Å²) in [5.41, 5.74) is 2.32. The summed E-state index contributed by atoms with van der Waals surface area (Å²) in [5.74, 6) is 1.59. The van der Waals surface area contributed by atoms with Gasteiger partial charge in [-0.3, -0.25) is 9.59 Å². The number of ether oxygens (including phenoxy) is 1. The smallest absolute Gasteiger partial charge is 0.234 e. The number of hydrogen-bond acceptors (Lipinski definition) is 4. The van der Waals surface area contributed by atoms with Crippen LogP contribution in [-0.2, 0) is 10.5 Å². The lowest BCUT2D eigenvalue weighted by atomic mass is 10.1. The number of rotatable bonds is 7. The van der Waals surface area contributed by atoms with Gasteiger partial charge in [-0.1, -0.05) is 15.9 Å². The number of ketones is 1. The number of Topliss-reactive ketones (excluding diaryl/α,β-unsaturated/α-hetero) is 1. The van der Waals surface area contributed by atoms with Gasteiger partial charge in [-0.05, 0) is 49.4 Å². The van der Waals surface area contributed by atoms with Crippen molar-refractivity contribution in [2.75, 3.05) is 18.2 Å². The van der Waals surface area contributed by atoms with E-state index in [4.69, 9.17) is 4.74 Å². The predicted octanol–water partition coefficient (Wildman–Crippen LogP) is 4.53. The van der Waals surface area contributed by atoms with Crippen molar-refractivity contribution >= 4 is 45.1 Å². The van der Waals surface area contributed by atoms with Crippen molar-refractivity contribution in [3.63, 3.8) is 0 Å². The molecule has 2 aromatic rings. The van der Waals surface area contributed by atoms with Crippen molar-refractivity contribution in [1.82, 2.24) is 0 Å². The number of benzene rings is 2. The van der Waals surface area contributed by atoms with Crippen molar-refractivity contribution in [1.29, 1.82) is 0 Å². The van der Waals surface area contributed by atoms with Crippen LogP contribution in [0, 0.1) is 0 Å². The predicted molar refractivity (Wildman–Crippen MR) is 102 cm³/mol. The fraction of sp³-hybridized carbons (Fsp3) is 0.222. The Balaban J connectivity index is 1.91. The SMILES string of the molecule is COc1ccc(C(C)=O)cc1CSCC(=O)Nc1ccc(Br)cc1. The average molecular weight is 408 g/mol. The van der Waals surface area contributed by atoms with E-state index in [-0.39, 0.29) is 11.7 Å². The summed E-state index contributed by atoms with van der Waals surface area (Å²) in [5, 5.41) is 2.85. The lowest BCUT2D eigenvalue weighted by Gasteiger charge is -2.10. The molecule has 0 saturated heterocycles. The molecule has 0 aliphatic heterocycles. The molecule has 1 amide bonds. The van der Waals surface area contributed by atoms with Gasteiger partial charge in [-0.15, -0.1) is 11.8 Å². The van der Waals surface area contributed by atoms with Gasteiger partial charge in [-0.25, -0.2) is 0 Å². The summed E-state index contributed by atoms with van der Waals surface area (Å²) >= 11 is 4.83. The third-order valence-corrected chi connectivity index (χ3v) is 4.82. The average Bonchev–Trinajstić information content (AvgIpc) is 2.56. The standard InChI is InChI=1S/C18H18BrNO3S/c1-12(21)13-3-8-17(23-2)14(9-13)10-24-11-18(22)20-16-6-4-15(19)5-7-16/h3-9H,10-11H2,1-2H3,(H,20,22). The molecule has 0 aliphatic carbocycles. The summed E-state index contributed by atoms with van der Waals surface area (Å²) in [6, 6.07) is 12.8. The van der Waals surface area contributed by atoms with Crippen molar-refractivity contribution in [3.8, 4) is 5.75 Å². The zero-order valence-electron chi connectivity index (χ0n) is 13.5. The summed E-state index contributed by atoms with van der Waals surface area (Å²) < 4.78 is 6.28. The van der Waals surface area contributed by atoms with E-state index in [2.05, 4.69) is 21.2 Å². The number of anilines is 1. The zero-order valence-corrected chi connectivity index (χ0v) is 15.9. The molecule has 2 aromatic carbocycles. The second-order valence-electron chi connectivity index (χ2n) is 5.13. The summed E-state index contributed by atoms with van der Waals surface area (Å²) in [4.78, 5) is 23.5. The third-order valence-electron chi connectivity index (χ3n) is 3.31. The summed E-state index contributed by atoms with van der Waals surface area (Å²) in [7, 11) is 1.59. The first kappa shape index (κ1) is 18.5. The number of carbonyl (C=O) groups is 2. The van der Waals surface area contributed by atoms with Crippen LogP contribution in [0.4, 0.5) is 5.69 Å². The lowest BCUT2D eigenvalue weighted by molar-refractivity contribution is -0.113. The number of nitrogens with one attached hydrogen (secondary N) is 1. The van der Waals surface area contributed by atoms with Crippen LogP contribution in [0.1, 0.15) is 22.8 Å². The second kappa shape index (κ2) is 8.89. The molecule has 24 heavy (non-hydrogen) atoms. The molecule has 0 bridgehead atoms. The summed E-state index contributed by atoms with van der Waals surface area (Å²) in [6.07, 6.45) is 0. The number of methoxy groups -OCH3 is 1. The highest BCUT2D eigenvalue weighted by Crippen LogP contribution is 2.25. The van der Waals surface area contributed by atoms with E-state index >= 15 is 0 Å². The molecule has 1 N–H and O–H groups in total. The van der Waals surface area contributed by atoms with Crippen molar-refractivity contribution in [2.24, 2.45) is 0 Å². The highest BCUT2D eigenvalue weighted by Gasteiger charge is 2.09. The number of carbonyl (C=O) groups excluding carboxylic acids is 2. The maximum absolute atomic E-state index is 12.0. The Kier molecular flexibility index (Phi) is 6.87. The second-order valence-corrected chi connectivity index (χ2v) is 7.03. The normalized spacial score (nSPS) is 10.3. The molecule has 0 atom stereocenters. The molecule has 0 aliphatic rings. The van der Waals surface area contributed by atoms with Crippen molar-refractivity contribution in [2.45, 2.75) is 12.7 Å². The molecule has 0 unspecified atom stereocenters. The van der Waals surface area contributed by atoms with E-state index in [0.717, 1.165) is 21.5 Å². The van der Waals surface area contributed by atoms with Gasteiger partial charge in [0.25, 0.3) is 0 Å². The Morgan fingerprint density at radius 2 is 1.88 bits per heavy atom. The largest absolute Gasteiger partial charge is 0.496 e. The Morgan fingerprint density at radius 3 is 2.50 bits per heavy atom. The van der Waals surface area contributed by atoms with Crippen LogP contribution in [0.15, 0.2) is 46.9 Å². The molecule has 0 radical (unpaired) electrons. The summed E-state index contributed by atoms with van der Waals surface area (Å²) in [6.45, 7) is 1.53. The molecule has 0 heterocycles. The minimum absolute atomic E-state index is 0.0110. The highest BCUT2D eigenvalue weighted by molar-refractivity contribution is 9.10. The number of hydrogen-bond donors (Lipinski definition) is 1. The fourth-order valence-corrected chi connectivity index (χ4v) is 3.16. The molecular formula is C18H18BrNO3S. The molecule has 0 saturated carbocycles. The van der Waals surface area contributed by atoms with E-state index in [1.165, 1.54) is 18.7 Å². The van der Waals surface area contributed by atoms with Gasteiger partial charge >= 0.3 is 0 Å². The molecule has 0 fully saturated rings. The van der Waals surface area contributed by atoms with Gasteiger partial charge in [0.1, 0.15) is 5.75 Å². The van der Waals surface area contributed by atoms with E-state index in [1.807, 2.05) is 30.3 Å². The van der Waals surface area contributed by atoms with E-state index in [9.17, 15) is 9.59 Å². The number of thioether (sulfide) groups is 1. The van der Waals surface area contributed by atoms with Crippen molar-refractivity contribution in [3.05, 3.63) is 58.1 Å². The van der Waals surface area contributed by atoms with Crippen LogP contribution >= 0.6 is 27.7 Å². The van der Waals surface area contributed by atoms with E-state index < -0.39 is 0 Å². The number of halogens is 1. The maximum Gasteiger partial charge on any atom is 0.234 e. The first-order valence-corrected chi connectivity index (χ1v) is 9.25. The Labute approximate surface area is 154 Å². The highest BCUT2D eigenvalue weighted by atomic mass is 79.9. The first-order valence-electron chi connectivity index (χ1n) is 7.30. The molecule has 126 valence electrons. The number of amides is 1. The van der Waals surface area contributed by atoms with Gasteiger partial charge in [0.2, 0.25) is 5.91 Å². The lowest BCUT2D eigenvalue weighted by Crippen LogP contribution is -2.14. The minimum Gasteiger partial charge on any atom is -0.496 e. The fourth-order valence-electron chi connectivity index (χ4n) is 2.09. The Bertz CT molecular complexity index is 732. The van der Waals surface area contributed by atoms with Gasteiger partial charge in [-0.2, -0.15) is 0 Å². The zero-order chi connectivity index (χ0) is 17.5. The molecule has 2 rings (SSSR count). The quantitative estimate of drug-likeness (QED) is 0.684. The van der Waals surface area contributed by atoms with Gasteiger partial charge in [0, 0.05) is 27.0 Å². The molecule has 0 aromatic heterocycles. The molecule has 0 spiro atoms. The van der Waals surface area contributed by atoms with Crippen LogP contribution in [-0.4, -0.2) is 24.6 Å². The van der Waals surface area contributed by atoms with Crippen LogP contribution < -0.4 is 10.1 Å². The monoisotopic (exact) mass is 407 g/mol. The minimum atomic E-state index is -0.0657. The Hall–Kier alpha value is -1.79. The first-order chi connectivity index (χ1) is 11.5. The van der Waals surface area contributed by atoms with E-state index in [0.29, 0.717) is 17.1 Å². The topological polar surface area (TPSA) is 55.4 Å². The van der Waals surface area contributed by atoms with Crippen LogP contribution in [0.3, 0.4) is 0 Å². The van der Waals surface area contributed by atoms with Crippen LogP contribution in [0.2, 0.25) is 0 Å². The van der Waals surface area contributed by atoms with E-state index in [1.54, 1.807) is 19.2 Å². The van der Waals surface area contributed by atoms with Crippen LogP contribution in [0.5, 0.6) is 5.75 Å². The molecular weight excluding hydrogens is 390 g/mol. The molecule has 4 nitrogen and oxygen atoms in total. The third kappa shape index (κ3) is 5.39. The van der Waals surface area contributed by atoms with Gasteiger partial charge in [0.15, 0.2) is 5.78 Å². The van der Waals surface area contributed by atoms with Gasteiger partial charge < -0.3 is 10.1 Å². The van der Waals surface area contributed by atoms with Crippen LogP contribution in [0.25, 0.3) is 0 Å².